The highest BCUT2D eigenvalue weighted by atomic mass is 79.9. The van der Waals surface area contributed by atoms with Gasteiger partial charge in [0.1, 0.15) is 0 Å². The summed E-state index contributed by atoms with van der Waals surface area (Å²) in [6.07, 6.45) is 0. The predicted octanol–water partition coefficient (Wildman–Crippen LogP) is 3.61. The van der Waals surface area contributed by atoms with Crippen molar-refractivity contribution in [3.8, 4) is 0 Å². The normalized spacial score (nSPS) is 14.3. The van der Waals surface area contributed by atoms with E-state index in [1.165, 1.54) is 0 Å². The summed E-state index contributed by atoms with van der Waals surface area (Å²) < 4.78 is 6.65. The van der Waals surface area contributed by atoms with E-state index in [9.17, 15) is 0 Å². The quantitative estimate of drug-likeness (QED) is 0.846. The molecule has 18 heavy (non-hydrogen) atoms. The van der Waals surface area contributed by atoms with Gasteiger partial charge in [-0.15, -0.1) is 5.10 Å². The van der Waals surface area contributed by atoms with Crippen LogP contribution in [0.5, 0.6) is 0 Å². The van der Waals surface area contributed by atoms with Crippen molar-refractivity contribution in [3.63, 3.8) is 0 Å². The topological polar surface area (TPSA) is 24.8 Å². The molecular weight excluding hydrogens is 292 g/mol. The van der Waals surface area contributed by atoms with E-state index in [2.05, 4.69) is 21.0 Å². The van der Waals surface area contributed by atoms with Crippen LogP contribution in [0, 0.1) is 0 Å². The molecule has 3 nitrogen and oxygen atoms in total. The summed E-state index contributed by atoms with van der Waals surface area (Å²) in [4.78, 5) is 0. The van der Waals surface area contributed by atoms with Crippen molar-refractivity contribution in [2.24, 2.45) is 5.10 Å². The van der Waals surface area contributed by atoms with Crippen molar-refractivity contribution < 1.29 is 4.74 Å². The molecule has 90 valence electrons. The molecule has 2 aromatic rings. The number of rotatable bonds is 2. The molecule has 1 aliphatic rings. The second-order valence-electron chi connectivity index (χ2n) is 3.92. The Balaban J connectivity index is 1.85. The molecule has 0 N–H and O–H groups in total. The smallest absolute Gasteiger partial charge is 0.240 e. The lowest BCUT2D eigenvalue weighted by Gasteiger charge is -2.10. The number of halogens is 1. The van der Waals surface area contributed by atoms with Crippen LogP contribution in [0.3, 0.4) is 0 Å². The van der Waals surface area contributed by atoms with Gasteiger partial charge in [0.05, 0.1) is 5.69 Å². The largest absolute Gasteiger partial charge is 0.453 e. The third-order valence-corrected chi connectivity index (χ3v) is 3.21. The van der Waals surface area contributed by atoms with Crippen LogP contribution in [0.4, 0.5) is 5.69 Å². The summed E-state index contributed by atoms with van der Waals surface area (Å²) in [6, 6.07) is 17.9. The fourth-order valence-electron chi connectivity index (χ4n) is 1.76. The number of nitrogens with zero attached hydrogens (tertiary/aromatic N) is 2. The minimum Gasteiger partial charge on any atom is -0.453 e. The Bertz CT molecular complexity index is 566. The zero-order valence-electron chi connectivity index (χ0n) is 9.58. The monoisotopic (exact) mass is 302 g/mol. The maximum absolute atomic E-state index is 5.60. The second-order valence-corrected chi connectivity index (χ2v) is 4.84. The van der Waals surface area contributed by atoms with Crippen LogP contribution in [0.1, 0.15) is 5.56 Å². The van der Waals surface area contributed by atoms with Gasteiger partial charge in [-0.3, -0.25) is 0 Å². The van der Waals surface area contributed by atoms with Gasteiger partial charge in [-0.05, 0) is 36.4 Å². The maximum atomic E-state index is 5.60. The van der Waals surface area contributed by atoms with Crippen LogP contribution in [-0.2, 0) is 4.74 Å². The molecule has 0 aliphatic carbocycles. The summed E-state index contributed by atoms with van der Waals surface area (Å²) >= 11 is 3.42. The van der Waals surface area contributed by atoms with E-state index >= 15 is 0 Å². The van der Waals surface area contributed by atoms with E-state index < -0.39 is 0 Å². The molecular formula is C14H11BrN2O. The zero-order chi connectivity index (χ0) is 12.4. The summed E-state index contributed by atoms with van der Waals surface area (Å²) in [5.41, 5.74) is 2.02. The summed E-state index contributed by atoms with van der Waals surface area (Å²) in [7, 11) is 0. The van der Waals surface area contributed by atoms with Gasteiger partial charge in [0.25, 0.3) is 0 Å². The van der Waals surface area contributed by atoms with Crippen LogP contribution >= 0.6 is 15.9 Å². The van der Waals surface area contributed by atoms with Gasteiger partial charge in [-0.2, -0.15) is 0 Å². The molecule has 0 saturated carbocycles. The number of ether oxygens (including phenoxy) is 1. The summed E-state index contributed by atoms with van der Waals surface area (Å²) in [6.45, 7) is 0.450. The lowest BCUT2D eigenvalue weighted by Crippen LogP contribution is -2.12. The molecule has 1 heterocycles. The highest BCUT2D eigenvalue weighted by Gasteiger charge is 2.17. The number of hydrazone groups is 1. The predicted molar refractivity (Wildman–Crippen MR) is 75.6 cm³/mol. The Morgan fingerprint density at radius 2 is 1.72 bits per heavy atom. The lowest BCUT2D eigenvalue weighted by molar-refractivity contribution is 0.338. The molecule has 0 bridgehead atoms. The molecule has 0 aromatic heterocycles. The SMILES string of the molecule is Brc1ccc(N2COC(c3ccccc3)=N2)cc1. The molecule has 0 radical (unpaired) electrons. The number of anilines is 1. The van der Waals surface area contributed by atoms with Crippen LogP contribution < -0.4 is 5.01 Å². The Morgan fingerprint density at radius 3 is 2.44 bits per heavy atom. The van der Waals surface area contributed by atoms with Crippen molar-refractivity contribution in [2.75, 3.05) is 11.7 Å². The first kappa shape index (κ1) is 11.3. The van der Waals surface area contributed by atoms with E-state index in [0.29, 0.717) is 12.6 Å². The summed E-state index contributed by atoms with van der Waals surface area (Å²) in [5, 5.41) is 6.31. The van der Waals surface area contributed by atoms with E-state index in [4.69, 9.17) is 4.74 Å². The highest BCUT2D eigenvalue weighted by molar-refractivity contribution is 9.10. The standard InChI is InChI=1S/C14H11BrN2O/c15-12-6-8-13(9-7-12)17-10-18-14(16-17)11-4-2-1-3-5-11/h1-9H,10H2. The molecule has 0 amide bonds. The Hall–Kier alpha value is -1.81. The van der Waals surface area contributed by atoms with E-state index in [-0.39, 0.29) is 0 Å². The molecule has 0 spiro atoms. The van der Waals surface area contributed by atoms with Gasteiger partial charge in [0.15, 0.2) is 6.73 Å². The second kappa shape index (κ2) is 4.82. The first-order valence-electron chi connectivity index (χ1n) is 5.63. The highest BCUT2D eigenvalue weighted by Crippen LogP contribution is 2.22. The van der Waals surface area contributed by atoms with Gasteiger partial charge < -0.3 is 4.74 Å². The van der Waals surface area contributed by atoms with Crippen LogP contribution in [0.2, 0.25) is 0 Å². The molecule has 0 atom stereocenters. The van der Waals surface area contributed by atoms with Crippen molar-refractivity contribution in [3.05, 3.63) is 64.6 Å². The minimum absolute atomic E-state index is 0.450. The van der Waals surface area contributed by atoms with Gasteiger partial charge >= 0.3 is 0 Å². The first-order chi connectivity index (χ1) is 8.83. The average molecular weight is 303 g/mol. The molecule has 1 aliphatic heterocycles. The Morgan fingerprint density at radius 1 is 1.00 bits per heavy atom. The van der Waals surface area contributed by atoms with Crippen LogP contribution in [0.25, 0.3) is 0 Å². The molecule has 0 saturated heterocycles. The average Bonchev–Trinajstić information content (AvgIpc) is 2.90. The van der Waals surface area contributed by atoms with Crippen molar-refractivity contribution >= 4 is 27.5 Å². The number of benzene rings is 2. The van der Waals surface area contributed by atoms with E-state index in [1.807, 2.05) is 59.6 Å². The minimum atomic E-state index is 0.450. The van der Waals surface area contributed by atoms with Gasteiger partial charge in [0, 0.05) is 10.0 Å². The molecule has 2 aromatic carbocycles. The molecule has 0 unspecified atom stereocenters. The van der Waals surface area contributed by atoms with Crippen molar-refractivity contribution in [1.29, 1.82) is 0 Å². The van der Waals surface area contributed by atoms with Gasteiger partial charge in [0.2, 0.25) is 5.90 Å². The van der Waals surface area contributed by atoms with Crippen LogP contribution in [-0.4, -0.2) is 12.6 Å². The number of hydrogen-bond acceptors (Lipinski definition) is 3. The zero-order valence-corrected chi connectivity index (χ0v) is 11.2. The van der Waals surface area contributed by atoms with Crippen LogP contribution in [0.15, 0.2) is 64.2 Å². The Kier molecular flexibility index (Phi) is 3.02. The van der Waals surface area contributed by atoms with Gasteiger partial charge in [-0.25, -0.2) is 5.01 Å². The third kappa shape index (κ3) is 2.24. The third-order valence-electron chi connectivity index (χ3n) is 2.68. The fourth-order valence-corrected chi connectivity index (χ4v) is 2.02. The molecule has 0 fully saturated rings. The fraction of sp³-hybridized carbons (Fsp3) is 0.0714. The summed E-state index contributed by atoms with van der Waals surface area (Å²) in [5.74, 6) is 0.665. The maximum Gasteiger partial charge on any atom is 0.240 e. The van der Waals surface area contributed by atoms with Gasteiger partial charge in [-0.1, -0.05) is 34.1 Å². The molecule has 3 rings (SSSR count). The number of hydrogen-bond donors (Lipinski definition) is 0. The van der Waals surface area contributed by atoms with Crippen molar-refractivity contribution in [2.45, 2.75) is 0 Å². The van der Waals surface area contributed by atoms with Crippen molar-refractivity contribution in [1.82, 2.24) is 0 Å². The first-order valence-corrected chi connectivity index (χ1v) is 6.42. The van der Waals surface area contributed by atoms with E-state index in [1.54, 1.807) is 0 Å². The lowest BCUT2D eigenvalue weighted by atomic mass is 10.2. The Labute approximate surface area is 114 Å². The van der Waals surface area contributed by atoms with E-state index in [0.717, 1.165) is 15.7 Å². The molecule has 4 heteroatoms.